The van der Waals surface area contributed by atoms with Gasteiger partial charge in [0.25, 0.3) is 0 Å². The molecule has 2 aromatic rings. The number of carbonyl (C=O) groups is 2. The van der Waals surface area contributed by atoms with Crippen molar-refractivity contribution >= 4 is 23.5 Å². The molecule has 8 heteroatoms. The first-order chi connectivity index (χ1) is 15.8. The number of hydrogen-bond donors (Lipinski definition) is 1. The van der Waals surface area contributed by atoms with E-state index in [2.05, 4.69) is 0 Å². The summed E-state index contributed by atoms with van der Waals surface area (Å²) in [6.45, 7) is 5.74. The lowest BCUT2D eigenvalue weighted by Crippen LogP contribution is -2.45. The van der Waals surface area contributed by atoms with Crippen LogP contribution in [0.1, 0.15) is 43.5 Å². The Labute approximate surface area is 199 Å². The molecule has 0 saturated carbocycles. The number of rotatable bonds is 10. The Kier molecular flexibility index (Phi) is 8.83. The maximum Gasteiger partial charge on any atom is 0.339 e. The number of carboxylic acid groups (broad SMARTS) is 1. The van der Waals surface area contributed by atoms with Crippen LogP contribution < -0.4 is 14.2 Å². The third-order valence-electron chi connectivity index (χ3n) is 5.30. The van der Waals surface area contributed by atoms with Crippen LogP contribution in [-0.2, 0) is 4.79 Å². The molecule has 7 nitrogen and oxygen atoms in total. The largest absolute Gasteiger partial charge is 0.493 e. The van der Waals surface area contributed by atoms with E-state index in [0.29, 0.717) is 42.7 Å². The van der Waals surface area contributed by atoms with Gasteiger partial charge in [0.1, 0.15) is 28.9 Å². The van der Waals surface area contributed by atoms with Crippen molar-refractivity contribution in [2.24, 2.45) is 5.92 Å². The first-order valence-corrected chi connectivity index (χ1v) is 11.5. The van der Waals surface area contributed by atoms with Gasteiger partial charge in [-0.1, -0.05) is 25.4 Å². The van der Waals surface area contributed by atoms with Gasteiger partial charge in [0.05, 0.1) is 19.8 Å². The highest BCUT2D eigenvalue weighted by molar-refractivity contribution is 6.30. The van der Waals surface area contributed by atoms with Crippen LogP contribution in [0.25, 0.3) is 0 Å². The average molecular weight is 476 g/mol. The van der Waals surface area contributed by atoms with Crippen LogP contribution in [0.2, 0.25) is 5.02 Å². The molecule has 1 amide bonds. The Morgan fingerprint density at radius 1 is 1.09 bits per heavy atom. The highest BCUT2D eigenvalue weighted by Crippen LogP contribution is 2.27. The topological polar surface area (TPSA) is 85.3 Å². The van der Waals surface area contributed by atoms with Crippen molar-refractivity contribution in [2.75, 3.05) is 26.3 Å². The Balaban J connectivity index is 1.52. The molecule has 3 rings (SSSR count). The summed E-state index contributed by atoms with van der Waals surface area (Å²) in [5, 5.41) is 10.3. The fourth-order valence-electron chi connectivity index (χ4n) is 3.63. The van der Waals surface area contributed by atoms with E-state index in [1.54, 1.807) is 36.4 Å². The zero-order valence-electron chi connectivity index (χ0n) is 19.0. The maximum atomic E-state index is 12.3. The third-order valence-corrected chi connectivity index (χ3v) is 5.55. The fourth-order valence-corrected chi connectivity index (χ4v) is 3.76. The molecule has 0 radical (unpaired) electrons. The number of nitrogens with zero attached hydrogens (tertiary/aromatic N) is 1. The molecule has 178 valence electrons. The smallest absolute Gasteiger partial charge is 0.339 e. The van der Waals surface area contributed by atoms with Gasteiger partial charge in [0.15, 0.2) is 0 Å². The van der Waals surface area contributed by atoms with E-state index in [-0.39, 0.29) is 29.2 Å². The lowest BCUT2D eigenvalue weighted by Gasteiger charge is -2.34. The molecule has 1 heterocycles. The van der Waals surface area contributed by atoms with Crippen molar-refractivity contribution in [1.29, 1.82) is 0 Å². The zero-order chi connectivity index (χ0) is 23.8. The molecular formula is C25H30ClNO6. The summed E-state index contributed by atoms with van der Waals surface area (Å²) in [5.41, 5.74) is 0.0389. The Hall–Kier alpha value is -2.93. The molecule has 1 aliphatic heterocycles. The van der Waals surface area contributed by atoms with Crippen LogP contribution in [0.4, 0.5) is 0 Å². The normalized spacial score (nSPS) is 15.9. The lowest BCUT2D eigenvalue weighted by molar-refractivity contribution is -0.137. The Bertz CT molecular complexity index is 946. The van der Waals surface area contributed by atoms with E-state index in [1.807, 2.05) is 18.7 Å². The minimum absolute atomic E-state index is 0.0389. The number of carboxylic acids is 1. The van der Waals surface area contributed by atoms with E-state index >= 15 is 0 Å². The van der Waals surface area contributed by atoms with Gasteiger partial charge in [-0.05, 0) is 55.3 Å². The first-order valence-electron chi connectivity index (χ1n) is 11.2. The molecular weight excluding hydrogens is 446 g/mol. The van der Waals surface area contributed by atoms with Crippen molar-refractivity contribution < 1.29 is 28.9 Å². The molecule has 0 aromatic heterocycles. The summed E-state index contributed by atoms with van der Waals surface area (Å²) >= 11 is 5.85. The molecule has 0 aliphatic carbocycles. The summed E-state index contributed by atoms with van der Waals surface area (Å²) in [6, 6.07) is 11.9. The second-order valence-electron chi connectivity index (χ2n) is 8.29. The maximum absolute atomic E-state index is 12.3. The third kappa shape index (κ3) is 7.29. The highest BCUT2D eigenvalue weighted by Gasteiger charge is 2.26. The van der Waals surface area contributed by atoms with E-state index < -0.39 is 5.97 Å². The highest BCUT2D eigenvalue weighted by atomic mass is 35.5. The van der Waals surface area contributed by atoms with Crippen LogP contribution >= 0.6 is 11.6 Å². The van der Waals surface area contributed by atoms with Crippen molar-refractivity contribution in [3.8, 4) is 17.2 Å². The molecule has 33 heavy (non-hydrogen) atoms. The number of likely N-dealkylation sites (tertiary alicyclic amines) is 1. The van der Waals surface area contributed by atoms with E-state index in [9.17, 15) is 14.7 Å². The van der Waals surface area contributed by atoms with Crippen molar-refractivity contribution in [3.05, 3.63) is 53.1 Å². The standard InChI is InChI=1S/C25H30ClNO6/c1-17(2)24(28)27-12-3-5-21(16-27)33-20-10-11-23(22(15-20)25(29)30)32-14-4-13-31-19-8-6-18(26)7-9-19/h6-11,15,17,21H,3-5,12-14,16H2,1-2H3,(H,29,30)/t21-/m0/s1. The lowest BCUT2D eigenvalue weighted by atomic mass is 10.1. The molecule has 0 bridgehead atoms. The van der Waals surface area contributed by atoms with Crippen LogP contribution in [0.3, 0.4) is 0 Å². The van der Waals surface area contributed by atoms with E-state index in [4.69, 9.17) is 25.8 Å². The van der Waals surface area contributed by atoms with Crippen LogP contribution in [0.5, 0.6) is 17.2 Å². The SMILES string of the molecule is CC(C)C(=O)N1CCC[C@H](Oc2ccc(OCCCOc3ccc(Cl)cc3)c(C(=O)O)c2)C1. The van der Waals surface area contributed by atoms with Gasteiger partial charge in [-0.3, -0.25) is 4.79 Å². The molecule has 1 saturated heterocycles. The van der Waals surface area contributed by atoms with Crippen molar-refractivity contribution in [1.82, 2.24) is 4.90 Å². The number of amides is 1. The van der Waals surface area contributed by atoms with Crippen LogP contribution in [-0.4, -0.2) is 54.3 Å². The van der Waals surface area contributed by atoms with Crippen molar-refractivity contribution in [3.63, 3.8) is 0 Å². The molecule has 0 spiro atoms. The molecule has 1 aliphatic rings. The first kappa shape index (κ1) is 24.7. The number of halogens is 1. The fraction of sp³-hybridized carbons (Fsp3) is 0.440. The predicted octanol–water partition coefficient (Wildman–Crippen LogP) is 4.91. The van der Waals surface area contributed by atoms with Gasteiger partial charge in [0, 0.05) is 23.9 Å². The monoisotopic (exact) mass is 475 g/mol. The van der Waals surface area contributed by atoms with E-state index in [0.717, 1.165) is 19.4 Å². The summed E-state index contributed by atoms with van der Waals surface area (Å²) in [7, 11) is 0. The number of ether oxygens (including phenoxy) is 3. The van der Waals surface area contributed by atoms with Crippen LogP contribution in [0.15, 0.2) is 42.5 Å². The van der Waals surface area contributed by atoms with Crippen molar-refractivity contribution in [2.45, 2.75) is 39.2 Å². The number of piperidine rings is 1. The molecule has 2 aromatic carbocycles. The minimum atomic E-state index is -1.09. The van der Waals surface area contributed by atoms with E-state index in [1.165, 1.54) is 6.07 Å². The van der Waals surface area contributed by atoms with Gasteiger partial charge >= 0.3 is 5.97 Å². The average Bonchev–Trinajstić information content (AvgIpc) is 2.80. The Morgan fingerprint density at radius 2 is 1.79 bits per heavy atom. The minimum Gasteiger partial charge on any atom is -0.493 e. The Morgan fingerprint density at radius 3 is 2.48 bits per heavy atom. The van der Waals surface area contributed by atoms with Gasteiger partial charge in [-0.25, -0.2) is 4.79 Å². The predicted molar refractivity (Wildman–Crippen MR) is 126 cm³/mol. The quantitative estimate of drug-likeness (QED) is 0.491. The number of hydrogen-bond acceptors (Lipinski definition) is 5. The molecule has 1 N–H and O–H groups in total. The molecule has 1 atom stereocenters. The molecule has 0 unspecified atom stereocenters. The van der Waals surface area contributed by atoms with Gasteiger partial charge < -0.3 is 24.2 Å². The number of aromatic carboxylic acids is 1. The second-order valence-corrected chi connectivity index (χ2v) is 8.72. The summed E-state index contributed by atoms with van der Waals surface area (Å²) in [5.74, 6) is 0.404. The zero-order valence-corrected chi connectivity index (χ0v) is 19.7. The molecule has 1 fully saturated rings. The van der Waals surface area contributed by atoms with Gasteiger partial charge in [0.2, 0.25) is 5.91 Å². The van der Waals surface area contributed by atoms with Gasteiger partial charge in [-0.2, -0.15) is 0 Å². The summed E-state index contributed by atoms with van der Waals surface area (Å²) < 4.78 is 17.3. The summed E-state index contributed by atoms with van der Waals surface area (Å²) in [4.78, 5) is 25.9. The van der Waals surface area contributed by atoms with Gasteiger partial charge in [-0.15, -0.1) is 0 Å². The number of benzene rings is 2. The van der Waals surface area contributed by atoms with Crippen LogP contribution in [0, 0.1) is 5.92 Å². The summed E-state index contributed by atoms with van der Waals surface area (Å²) in [6.07, 6.45) is 2.09. The number of carbonyl (C=O) groups excluding carboxylic acids is 1. The second kappa shape index (κ2) is 11.8.